The molecule has 0 atom stereocenters. The number of benzene rings is 1. The van der Waals surface area contributed by atoms with Crippen LogP contribution in [0.3, 0.4) is 0 Å². The number of nitrogens with two attached hydrogens (primary N) is 1. The van der Waals surface area contributed by atoms with Gasteiger partial charge in [0, 0.05) is 18.1 Å². The maximum Gasteiger partial charge on any atom is 0.352 e. The molecule has 0 aliphatic heterocycles. The fraction of sp³-hybridized carbons (Fsp3) is 0.100. The number of aromatic nitrogens is 1. The van der Waals surface area contributed by atoms with Crippen molar-refractivity contribution in [2.45, 2.75) is 0 Å². The van der Waals surface area contributed by atoms with Crippen molar-refractivity contribution in [1.29, 1.82) is 0 Å². The topological polar surface area (TPSA) is 68.2 Å². The first-order chi connectivity index (χ1) is 6.61. The van der Waals surface area contributed by atoms with Gasteiger partial charge in [0.05, 0.1) is 5.52 Å². The highest BCUT2D eigenvalue weighted by molar-refractivity contribution is 5.99. The summed E-state index contributed by atoms with van der Waals surface area (Å²) in [4.78, 5) is 10.8. The second-order valence-corrected chi connectivity index (χ2v) is 3.17. The molecule has 2 aromatic rings. The van der Waals surface area contributed by atoms with Crippen LogP contribution in [0, 0.1) is 0 Å². The van der Waals surface area contributed by atoms with E-state index < -0.39 is 5.97 Å². The van der Waals surface area contributed by atoms with E-state index in [1.807, 2.05) is 12.1 Å². The molecule has 4 nitrogen and oxygen atoms in total. The van der Waals surface area contributed by atoms with E-state index in [-0.39, 0.29) is 5.69 Å². The minimum absolute atomic E-state index is 0.248. The summed E-state index contributed by atoms with van der Waals surface area (Å²) in [5.41, 5.74) is 7.42. The Morgan fingerprint density at radius 1 is 1.50 bits per heavy atom. The van der Waals surface area contributed by atoms with Crippen LogP contribution in [0.5, 0.6) is 0 Å². The number of hydrogen-bond acceptors (Lipinski definition) is 2. The molecular weight excluding hydrogens is 180 g/mol. The molecule has 0 saturated heterocycles. The van der Waals surface area contributed by atoms with E-state index in [0.29, 0.717) is 5.69 Å². The molecule has 0 amide bonds. The molecule has 0 aliphatic rings. The van der Waals surface area contributed by atoms with E-state index in [1.165, 1.54) is 0 Å². The lowest BCUT2D eigenvalue weighted by Gasteiger charge is -1.99. The monoisotopic (exact) mass is 190 g/mol. The number of carbonyl (C=O) groups is 1. The average molecular weight is 190 g/mol. The van der Waals surface area contributed by atoms with Crippen LogP contribution in [0.1, 0.15) is 10.5 Å². The zero-order chi connectivity index (χ0) is 10.3. The lowest BCUT2D eigenvalue weighted by Crippen LogP contribution is -2.03. The zero-order valence-corrected chi connectivity index (χ0v) is 7.69. The summed E-state index contributed by atoms with van der Waals surface area (Å²) >= 11 is 0. The summed E-state index contributed by atoms with van der Waals surface area (Å²) < 4.78 is 1.62. The number of aryl methyl sites for hydroxylation is 1. The lowest BCUT2D eigenvalue weighted by atomic mass is 10.2. The molecular formula is C10H10N2O2. The Bertz CT molecular complexity index is 514. The molecule has 0 bridgehead atoms. The Labute approximate surface area is 80.6 Å². The molecule has 0 radical (unpaired) electrons. The van der Waals surface area contributed by atoms with Gasteiger partial charge in [-0.2, -0.15) is 0 Å². The van der Waals surface area contributed by atoms with Crippen molar-refractivity contribution in [3.8, 4) is 0 Å². The Morgan fingerprint density at radius 3 is 2.79 bits per heavy atom. The number of fused-ring (bicyclic) bond motifs is 1. The first-order valence-corrected chi connectivity index (χ1v) is 4.18. The Morgan fingerprint density at radius 2 is 2.21 bits per heavy atom. The molecule has 1 aromatic carbocycles. The molecule has 14 heavy (non-hydrogen) atoms. The third-order valence-corrected chi connectivity index (χ3v) is 2.34. The van der Waals surface area contributed by atoms with Crippen LogP contribution in [0.15, 0.2) is 24.3 Å². The van der Waals surface area contributed by atoms with E-state index in [0.717, 1.165) is 10.9 Å². The van der Waals surface area contributed by atoms with Crippen molar-refractivity contribution in [2.24, 2.45) is 7.05 Å². The first kappa shape index (κ1) is 8.62. The molecule has 0 aliphatic carbocycles. The van der Waals surface area contributed by atoms with Crippen LogP contribution < -0.4 is 5.73 Å². The standard InChI is InChI=1S/C10H10N2O2/c1-12-8-4-2-3-7(11)6(8)5-9(12)10(13)14/h2-5H,11H2,1H3,(H,13,14). The van der Waals surface area contributed by atoms with Gasteiger partial charge in [-0.25, -0.2) is 4.79 Å². The Hall–Kier alpha value is -1.97. The summed E-state index contributed by atoms with van der Waals surface area (Å²) in [6.07, 6.45) is 0. The average Bonchev–Trinajstić information content (AvgIpc) is 2.46. The summed E-state index contributed by atoms with van der Waals surface area (Å²) in [7, 11) is 1.71. The highest BCUT2D eigenvalue weighted by Crippen LogP contribution is 2.23. The molecule has 1 aromatic heterocycles. The number of carboxylic acid groups (broad SMARTS) is 1. The number of nitrogens with zero attached hydrogens (tertiary/aromatic N) is 1. The van der Waals surface area contributed by atoms with Crippen LogP contribution in [-0.4, -0.2) is 15.6 Å². The number of nitrogen functional groups attached to an aromatic ring is 1. The predicted molar refractivity (Wildman–Crippen MR) is 54.3 cm³/mol. The Balaban J connectivity index is 2.86. The molecule has 2 rings (SSSR count). The van der Waals surface area contributed by atoms with E-state index in [2.05, 4.69) is 0 Å². The van der Waals surface area contributed by atoms with Crippen molar-refractivity contribution in [3.05, 3.63) is 30.0 Å². The number of hydrogen-bond donors (Lipinski definition) is 2. The summed E-state index contributed by atoms with van der Waals surface area (Å²) in [5.74, 6) is -0.942. The smallest absolute Gasteiger partial charge is 0.352 e. The molecule has 0 unspecified atom stereocenters. The maximum atomic E-state index is 10.8. The summed E-state index contributed by atoms with van der Waals surface area (Å²) in [5, 5.41) is 9.68. The van der Waals surface area contributed by atoms with Gasteiger partial charge in [0.2, 0.25) is 0 Å². The van der Waals surface area contributed by atoms with E-state index >= 15 is 0 Å². The molecule has 0 spiro atoms. The quantitative estimate of drug-likeness (QED) is 0.669. The number of rotatable bonds is 1. The van der Waals surface area contributed by atoms with Gasteiger partial charge in [-0.15, -0.1) is 0 Å². The van der Waals surface area contributed by atoms with Crippen molar-refractivity contribution in [3.63, 3.8) is 0 Å². The number of carboxylic acids is 1. The fourth-order valence-corrected chi connectivity index (χ4v) is 1.59. The van der Waals surface area contributed by atoms with Crippen LogP contribution in [0.25, 0.3) is 10.9 Å². The van der Waals surface area contributed by atoms with Crippen LogP contribution in [0.2, 0.25) is 0 Å². The zero-order valence-electron chi connectivity index (χ0n) is 7.69. The largest absolute Gasteiger partial charge is 0.477 e. The lowest BCUT2D eigenvalue weighted by molar-refractivity contribution is 0.0687. The second kappa shape index (κ2) is 2.77. The third-order valence-electron chi connectivity index (χ3n) is 2.34. The van der Waals surface area contributed by atoms with Gasteiger partial charge in [-0.05, 0) is 18.2 Å². The molecule has 0 fully saturated rings. The van der Waals surface area contributed by atoms with Crippen molar-refractivity contribution >= 4 is 22.6 Å². The highest BCUT2D eigenvalue weighted by Gasteiger charge is 2.12. The molecule has 4 heteroatoms. The molecule has 3 N–H and O–H groups in total. The second-order valence-electron chi connectivity index (χ2n) is 3.17. The summed E-state index contributed by atoms with van der Waals surface area (Å²) in [6.45, 7) is 0. The van der Waals surface area contributed by atoms with Gasteiger partial charge < -0.3 is 15.4 Å². The summed E-state index contributed by atoms with van der Waals surface area (Å²) in [6, 6.07) is 7.00. The van der Waals surface area contributed by atoms with Gasteiger partial charge in [-0.3, -0.25) is 0 Å². The maximum absolute atomic E-state index is 10.8. The highest BCUT2D eigenvalue weighted by atomic mass is 16.4. The van der Waals surface area contributed by atoms with Gasteiger partial charge in [0.1, 0.15) is 5.69 Å². The van der Waals surface area contributed by atoms with E-state index in [9.17, 15) is 4.79 Å². The minimum Gasteiger partial charge on any atom is -0.477 e. The molecule has 72 valence electrons. The van der Waals surface area contributed by atoms with Crippen LogP contribution in [0.4, 0.5) is 5.69 Å². The third kappa shape index (κ3) is 1.04. The molecule has 1 heterocycles. The molecule has 0 saturated carbocycles. The Kier molecular flexibility index (Phi) is 1.70. The number of anilines is 1. The SMILES string of the molecule is Cn1c(C(=O)O)cc2c(N)cccc21. The van der Waals surface area contributed by atoms with Crippen LogP contribution >= 0.6 is 0 Å². The van der Waals surface area contributed by atoms with Gasteiger partial charge in [0.25, 0.3) is 0 Å². The van der Waals surface area contributed by atoms with Crippen molar-refractivity contribution in [1.82, 2.24) is 4.57 Å². The minimum atomic E-state index is -0.942. The first-order valence-electron chi connectivity index (χ1n) is 4.18. The van der Waals surface area contributed by atoms with Crippen molar-refractivity contribution in [2.75, 3.05) is 5.73 Å². The van der Waals surface area contributed by atoms with E-state index in [1.54, 1.807) is 23.7 Å². The predicted octanol–water partition coefficient (Wildman–Crippen LogP) is 1.46. The van der Waals surface area contributed by atoms with Crippen molar-refractivity contribution < 1.29 is 9.90 Å². The van der Waals surface area contributed by atoms with E-state index in [4.69, 9.17) is 10.8 Å². The van der Waals surface area contributed by atoms with Gasteiger partial charge >= 0.3 is 5.97 Å². The number of aromatic carboxylic acids is 1. The fourth-order valence-electron chi connectivity index (χ4n) is 1.59. The van der Waals surface area contributed by atoms with Gasteiger partial charge in [0.15, 0.2) is 0 Å². The van der Waals surface area contributed by atoms with Gasteiger partial charge in [-0.1, -0.05) is 6.07 Å². The normalized spacial score (nSPS) is 10.6. The van der Waals surface area contributed by atoms with Crippen LogP contribution in [-0.2, 0) is 7.05 Å².